The van der Waals surface area contributed by atoms with Crippen molar-refractivity contribution in [2.75, 3.05) is 0 Å². The third-order valence-corrected chi connectivity index (χ3v) is 14.6. The SMILES string of the molecule is c1ccc(-c2cccc(-c3cccc4c3sc3c4c4ccccc4c4c5ccccc5n(-c5nc(-c6cccc7ccccc67)c6c7ccccc7c7ccccc7c6n5)c34)c2)cc1. The van der Waals surface area contributed by atoms with E-state index in [-0.39, 0.29) is 0 Å². The molecular formula is C60H35N3S. The quantitative estimate of drug-likeness (QED) is 0.165. The molecule has 64 heavy (non-hydrogen) atoms. The molecule has 0 atom stereocenters. The fourth-order valence-electron chi connectivity index (χ4n) is 10.6. The minimum Gasteiger partial charge on any atom is -0.276 e. The average molecular weight is 830 g/mol. The van der Waals surface area contributed by atoms with E-state index in [0.717, 1.165) is 49.4 Å². The lowest BCUT2D eigenvalue weighted by atomic mass is 9.93. The van der Waals surface area contributed by atoms with E-state index in [1.807, 2.05) is 11.3 Å². The molecule has 11 aromatic carbocycles. The molecule has 0 aliphatic carbocycles. The van der Waals surface area contributed by atoms with Gasteiger partial charge >= 0.3 is 0 Å². The van der Waals surface area contributed by atoms with Crippen LogP contribution in [-0.2, 0) is 0 Å². The standard InChI is InChI=1S/C60H35N3S/c1-2-17-36(18-3-1)38-21-14-22-39(35-38)41-31-16-33-50-53-46-28-10-9-27-45(46)52-49-30-12-13-34-51(49)63(57(52)59(53)64-58(41)50)60-61-55(47-32-15-20-37-19-4-5-23-40(37)47)54-44-26-8-6-24-42(44)43-25-7-11-29-48(43)56(54)62-60/h1-35H. The van der Waals surface area contributed by atoms with E-state index < -0.39 is 0 Å². The van der Waals surface area contributed by atoms with Crippen molar-refractivity contribution in [3.8, 4) is 39.5 Å². The van der Waals surface area contributed by atoms with Gasteiger partial charge in [-0.15, -0.1) is 11.3 Å². The Bertz CT molecular complexity index is 4250. The Morgan fingerprint density at radius 2 is 0.891 bits per heavy atom. The molecule has 0 spiro atoms. The first-order valence-electron chi connectivity index (χ1n) is 21.8. The van der Waals surface area contributed by atoms with E-state index in [4.69, 9.17) is 9.97 Å². The lowest BCUT2D eigenvalue weighted by Gasteiger charge is -2.17. The van der Waals surface area contributed by atoms with Gasteiger partial charge in [-0.05, 0) is 72.1 Å². The molecule has 3 aromatic heterocycles. The van der Waals surface area contributed by atoms with Gasteiger partial charge in [0, 0.05) is 42.6 Å². The van der Waals surface area contributed by atoms with Gasteiger partial charge in [-0.2, -0.15) is 0 Å². The zero-order valence-corrected chi connectivity index (χ0v) is 35.3. The monoisotopic (exact) mass is 829 g/mol. The number of para-hydroxylation sites is 1. The highest BCUT2D eigenvalue weighted by molar-refractivity contribution is 7.27. The maximum absolute atomic E-state index is 5.82. The van der Waals surface area contributed by atoms with Crippen molar-refractivity contribution in [3.63, 3.8) is 0 Å². The lowest BCUT2D eigenvalue weighted by Crippen LogP contribution is -2.04. The molecule has 3 heterocycles. The Hall–Kier alpha value is -8.18. The highest BCUT2D eigenvalue weighted by Gasteiger charge is 2.26. The van der Waals surface area contributed by atoms with Gasteiger partial charge in [0.2, 0.25) is 5.95 Å². The summed E-state index contributed by atoms with van der Waals surface area (Å²) in [4.78, 5) is 11.6. The number of nitrogens with zero attached hydrogens (tertiary/aromatic N) is 3. The van der Waals surface area contributed by atoms with Crippen LogP contribution in [0.4, 0.5) is 0 Å². The van der Waals surface area contributed by atoms with E-state index in [1.165, 1.54) is 80.1 Å². The van der Waals surface area contributed by atoms with Crippen LogP contribution in [0.3, 0.4) is 0 Å². The van der Waals surface area contributed by atoms with E-state index in [9.17, 15) is 0 Å². The van der Waals surface area contributed by atoms with Crippen molar-refractivity contribution in [2.45, 2.75) is 0 Å². The molecule has 0 aliphatic heterocycles. The molecule has 4 heteroatoms. The van der Waals surface area contributed by atoms with Crippen LogP contribution in [0, 0.1) is 0 Å². The predicted molar refractivity (Wildman–Crippen MR) is 273 cm³/mol. The van der Waals surface area contributed by atoms with E-state index in [1.54, 1.807) is 0 Å². The van der Waals surface area contributed by atoms with Gasteiger partial charge < -0.3 is 0 Å². The van der Waals surface area contributed by atoms with Crippen molar-refractivity contribution >= 4 is 107 Å². The fourth-order valence-corrected chi connectivity index (χ4v) is 12.0. The first-order valence-corrected chi connectivity index (χ1v) is 22.6. The number of thiophene rings is 1. The summed E-state index contributed by atoms with van der Waals surface area (Å²) in [6.45, 7) is 0. The number of aromatic nitrogens is 3. The van der Waals surface area contributed by atoms with Crippen LogP contribution in [0.25, 0.3) is 135 Å². The molecule has 0 unspecified atom stereocenters. The highest BCUT2D eigenvalue weighted by atomic mass is 32.1. The van der Waals surface area contributed by atoms with E-state index >= 15 is 0 Å². The lowest BCUT2D eigenvalue weighted by molar-refractivity contribution is 1.02. The van der Waals surface area contributed by atoms with Crippen molar-refractivity contribution in [1.82, 2.24) is 14.5 Å². The number of hydrogen-bond acceptors (Lipinski definition) is 3. The first-order chi connectivity index (χ1) is 31.8. The molecule has 296 valence electrons. The van der Waals surface area contributed by atoms with E-state index in [2.05, 4.69) is 217 Å². The molecular weight excluding hydrogens is 795 g/mol. The zero-order chi connectivity index (χ0) is 41.9. The van der Waals surface area contributed by atoms with Gasteiger partial charge in [-0.1, -0.05) is 200 Å². The zero-order valence-electron chi connectivity index (χ0n) is 34.5. The fraction of sp³-hybridized carbons (Fsp3) is 0. The summed E-state index contributed by atoms with van der Waals surface area (Å²) in [6.07, 6.45) is 0. The smallest absolute Gasteiger partial charge is 0.235 e. The summed E-state index contributed by atoms with van der Waals surface area (Å²) < 4.78 is 4.87. The third kappa shape index (κ3) is 5.03. The van der Waals surface area contributed by atoms with Crippen LogP contribution in [0.2, 0.25) is 0 Å². The topological polar surface area (TPSA) is 30.7 Å². The van der Waals surface area contributed by atoms with Crippen molar-refractivity contribution in [3.05, 3.63) is 212 Å². The maximum atomic E-state index is 5.82. The van der Waals surface area contributed by atoms with Crippen molar-refractivity contribution in [2.24, 2.45) is 0 Å². The van der Waals surface area contributed by atoms with Crippen molar-refractivity contribution in [1.29, 1.82) is 0 Å². The van der Waals surface area contributed by atoms with Crippen LogP contribution >= 0.6 is 11.3 Å². The van der Waals surface area contributed by atoms with Gasteiger partial charge in [0.15, 0.2) is 0 Å². The molecule has 14 rings (SSSR count). The molecule has 0 fully saturated rings. The summed E-state index contributed by atoms with van der Waals surface area (Å²) in [5.41, 5.74) is 10.0. The molecule has 0 N–H and O–H groups in total. The van der Waals surface area contributed by atoms with Crippen LogP contribution in [0.5, 0.6) is 0 Å². The second-order valence-electron chi connectivity index (χ2n) is 16.8. The molecule has 0 saturated carbocycles. The molecule has 0 aliphatic rings. The number of hydrogen-bond donors (Lipinski definition) is 0. The maximum Gasteiger partial charge on any atom is 0.235 e. The highest BCUT2D eigenvalue weighted by Crippen LogP contribution is 2.50. The molecule has 0 saturated heterocycles. The number of fused-ring (bicyclic) bond motifs is 17. The van der Waals surface area contributed by atoms with Gasteiger partial charge in [0.1, 0.15) is 0 Å². The predicted octanol–water partition coefficient (Wildman–Crippen LogP) is 16.7. The van der Waals surface area contributed by atoms with Gasteiger partial charge in [-0.25, -0.2) is 9.97 Å². The van der Waals surface area contributed by atoms with Crippen LogP contribution in [0.15, 0.2) is 212 Å². The second kappa shape index (κ2) is 13.7. The van der Waals surface area contributed by atoms with Gasteiger partial charge in [0.25, 0.3) is 0 Å². The van der Waals surface area contributed by atoms with Crippen molar-refractivity contribution < 1.29 is 0 Å². The Morgan fingerprint density at radius 1 is 0.344 bits per heavy atom. The largest absolute Gasteiger partial charge is 0.276 e. The average Bonchev–Trinajstić information content (AvgIpc) is 3.94. The Morgan fingerprint density at radius 3 is 1.70 bits per heavy atom. The van der Waals surface area contributed by atoms with Gasteiger partial charge in [0.05, 0.1) is 26.9 Å². The summed E-state index contributed by atoms with van der Waals surface area (Å²) >= 11 is 1.89. The first kappa shape index (κ1) is 35.4. The molecule has 0 amide bonds. The summed E-state index contributed by atoms with van der Waals surface area (Å²) in [7, 11) is 0. The molecule has 14 aromatic rings. The van der Waals surface area contributed by atoms with Crippen LogP contribution < -0.4 is 0 Å². The van der Waals surface area contributed by atoms with Crippen LogP contribution in [-0.4, -0.2) is 14.5 Å². The van der Waals surface area contributed by atoms with Crippen LogP contribution in [0.1, 0.15) is 0 Å². The summed E-state index contributed by atoms with van der Waals surface area (Å²) in [6, 6.07) is 77.0. The Labute approximate surface area is 371 Å². The Balaban J connectivity index is 1.16. The molecule has 0 radical (unpaired) electrons. The Kier molecular flexibility index (Phi) is 7.56. The minimum absolute atomic E-state index is 0.659. The normalized spacial score (nSPS) is 12.1. The minimum atomic E-state index is 0.659. The molecule has 3 nitrogen and oxygen atoms in total. The van der Waals surface area contributed by atoms with Gasteiger partial charge in [-0.3, -0.25) is 4.57 Å². The van der Waals surface area contributed by atoms with E-state index in [0.29, 0.717) is 5.95 Å². The summed E-state index contributed by atoms with van der Waals surface area (Å²) in [5.74, 6) is 0.659. The number of rotatable bonds is 4. The number of benzene rings is 11. The second-order valence-corrected chi connectivity index (χ2v) is 17.8. The third-order valence-electron chi connectivity index (χ3n) is 13.4. The summed E-state index contributed by atoms with van der Waals surface area (Å²) in [5, 5.41) is 15.4. The molecule has 0 bridgehead atoms.